The molecule has 0 saturated carbocycles. The van der Waals surface area contributed by atoms with Gasteiger partial charge in [0.05, 0.1) is 0 Å². The molecule has 0 bridgehead atoms. The molecule has 0 fully saturated rings. The van der Waals surface area contributed by atoms with Gasteiger partial charge in [-0.05, 0) is 37.5 Å². The van der Waals surface area contributed by atoms with Crippen molar-refractivity contribution in [3.05, 3.63) is 46.7 Å². The smallest absolute Gasteiger partial charge is 0.0371 e. The van der Waals surface area contributed by atoms with E-state index in [-0.39, 0.29) is 0 Å². The summed E-state index contributed by atoms with van der Waals surface area (Å²) in [6.45, 7) is 10.9. The fourth-order valence-electron chi connectivity index (χ4n) is 3.18. The van der Waals surface area contributed by atoms with E-state index in [0.29, 0.717) is 5.92 Å². The van der Waals surface area contributed by atoms with Crippen LogP contribution in [0.3, 0.4) is 0 Å². The molecule has 0 saturated heterocycles. The van der Waals surface area contributed by atoms with Crippen LogP contribution in [0.25, 0.3) is 0 Å². The van der Waals surface area contributed by atoms with E-state index >= 15 is 0 Å². The summed E-state index contributed by atoms with van der Waals surface area (Å²) in [6, 6.07) is 0. The third-order valence-electron chi connectivity index (χ3n) is 4.57. The van der Waals surface area contributed by atoms with E-state index in [1.165, 1.54) is 24.2 Å². The van der Waals surface area contributed by atoms with Crippen LogP contribution in [0.2, 0.25) is 0 Å². The minimum atomic E-state index is 0.545. The van der Waals surface area contributed by atoms with Crippen LogP contribution in [-0.2, 0) is 0 Å². The number of nitrogens with zero attached hydrogens (tertiary/aromatic N) is 1. The lowest BCUT2D eigenvalue weighted by atomic mass is 9.85. The quantitative estimate of drug-likeness (QED) is 0.759. The van der Waals surface area contributed by atoms with Gasteiger partial charge < -0.3 is 10.2 Å². The van der Waals surface area contributed by atoms with Crippen LogP contribution < -0.4 is 5.32 Å². The Morgan fingerprint density at radius 2 is 2.05 bits per heavy atom. The Morgan fingerprint density at radius 1 is 1.32 bits per heavy atom. The molecule has 2 nitrogen and oxygen atoms in total. The normalized spacial score (nSPS) is 20.5. The van der Waals surface area contributed by atoms with E-state index < -0.39 is 0 Å². The molecular weight excluding hydrogens is 268 g/mol. The number of likely N-dealkylation sites (N-methyl/N-ethyl adjacent to an activating group) is 2. The lowest BCUT2D eigenvalue weighted by molar-refractivity contribution is 0.352. The minimum absolute atomic E-state index is 0.545. The second-order valence-corrected chi connectivity index (χ2v) is 5.84. The molecule has 1 N–H and O–H groups in total. The van der Waals surface area contributed by atoms with Gasteiger partial charge in [0.25, 0.3) is 0 Å². The highest BCUT2D eigenvalue weighted by Gasteiger charge is 2.21. The van der Waals surface area contributed by atoms with Gasteiger partial charge in [0.1, 0.15) is 0 Å². The molecule has 1 aliphatic heterocycles. The van der Waals surface area contributed by atoms with Crippen LogP contribution in [0.1, 0.15) is 47.0 Å². The fraction of sp³-hybridized carbons (Fsp3) is 0.600. The maximum absolute atomic E-state index is 3.46. The molecule has 2 heteroatoms. The average molecular weight is 303 g/mol. The van der Waals surface area contributed by atoms with E-state index in [1.807, 2.05) is 13.8 Å². The average Bonchev–Trinajstić information content (AvgIpc) is 2.78. The molecule has 0 aromatic rings. The van der Waals surface area contributed by atoms with Crippen LogP contribution in [-0.4, -0.2) is 32.1 Å². The van der Waals surface area contributed by atoms with Crippen molar-refractivity contribution in [1.82, 2.24) is 10.2 Å². The van der Waals surface area contributed by atoms with E-state index in [1.54, 1.807) is 11.1 Å². The van der Waals surface area contributed by atoms with Crippen molar-refractivity contribution in [3.63, 3.8) is 0 Å². The van der Waals surface area contributed by atoms with Crippen LogP contribution >= 0.6 is 0 Å². The van der Waals surface area contributed by atoms with Crippen molar-refractivity contribution in [2.45, 2.75) is 47.0 Å². The third kappa shape index (κ3) is 4.61. The van der Waals surface area contributed by atoms with Gasteiger partial charge in [-0.15, -0.1) is 0 Å². The predicted molar refractivity (Wildman–Crippen MR) is 98.9 cm³/mol. The van der Waals surface area contributed by atoms with Gasteiger partial charge in [-0.1, -0.05) is 57.6 Å². The largest absolute Gasteiger partial charge is 0.388 e. The second kappa shape index (κ2) is 9.68. The van der Waals surface area contributed by atoms with Crippen molar-refractivity contribution >= 4 is 0 Å². The Labute approximate surface area is 137 Å². The molecule has 22 heavy (non-hydrogen) atoms. The lowest BCUT2D eigenvalue weighted by Gasteiger charge is -2.28. The van der Waals surface area contributed by atoms with E-state index in [4.69, 9.17) is 0 Å². The molecule has 0 amide bonds. The summed E-state index contributed by atoms with van der Waals surface area (Å²) in [4.78, 5) is 2.38. The summed E-state index contributed by atoms with van der Waals surface area (Å²) in [5.74, 6) is 0.545. The maximum atomic E-state index is 3.46. The zero-order valence-electron chi connectivity index (χ0n) is 15.4. The van der Waals surface area contributed by atoms with Crippen molar-refractivity contribution in [1.29, 1.82) is 0 Å². The summed E-state index contributed by atoms with van der Waals surface area (Å²) in [6.07, 6.45) is 12.5. The highest BCUT2D eigenvalue weighted by Crippen LogP contribution is 2.33. The number of hydrogen-bond acceptors (Lipinski definition) is 2. The lowest BCUT2D eigenvalue weighted by Crippen LogP contribution is -2.26. The zero-order chi connectivity index (χ0) is 16.5. The first kappa shape index (κ1) is 18.8. The van der Waals surface area contributed by atoms with Crippen LogP contribution in [0.5, 0.6) is 0 Å². The predicted octanol–water partition coefficient (Wildman–Crippen LogP) is 4.68. The molecule has 1 aliphatic carbocycles. The van der Waals surface area contributed by atoms with Crippen molar-refractivity contribution in [2.24, 2.45) is 5.92 Å². The first-order valence-electron chi connectivity index (χ1n) is 8.81. The van der Waals surface area contributed by atoms with Crippen LogP contribution in [0.15, 0.2) is 46.7 Å². The Kier molecular flexibility index (Phi) is 8.26. The molecule has 1 heterocycles. The summed E-state index contributed by atoms with van der Waals surface area (Å²) in [5.41, 5.74) is 5.95. The fourth-order valence-corrected chi connectivity index (χ4v) is 3.18. The van der Waals surface area contributed by atoms with E-state index in [2.05, 4.69) is 62.5 Å². The topological polar surface area (TPSA) is 15.3 Å². The molecule has 2 rings (SSSR count). The molecule has 2 aliphatic rings. The van der Waals surface area contributed by atoms with E-state index in [0.717, 1.165) is 19.4 Å². The van der Waals surface area contributed by atoms with Crippen LogP contribution in [0.4, 0.5) is 0 Å². The molecule has 0 aromatic carbocycles. The standard InChI is InChI=1S/C18H28N2.C2H6/c1-5-15-8-6-7-9-17(18(15)19-3)14(2)16-10-12-20(4)13-11-16;1-2/h6-8,10,14,19H,5,9,11-13H2,1-4H3;1-2H3. The highest BCUT2D eigenvalue weighted by atomic mass is 15.1. The van der Waals surface area contributed by atoms with Gasteiger partial charge in [0, 0.05) is 31.8 Å². The number of allylic oxidation sites excluding steroid dienone is 5. The molecule has 0 aromatic heterocycles. The third-order valence-corrected chi connectivity index (χ3v) is 4.57. The van der Waals surface area contributed by atoms with Gasteiger partial charge in [0.2, 0.25) is 0 Å². The monoisotopic (exact) mass is 302 g/mol. The molecule has 0 radical (unpaired) electrons. The molecule has 0 spiro atoms. The Balaban J connectivity index is 0.00000116. The second-order valence-electron chi connectivity index (χ2n) is 5.84. The van der Waals surface area contributed by atoms with Crippen molar-refractivity contribution in [2.75, 3.05) is 27.2 Å². The van der Waals surface area contributed by atoms with Gasteiger partial charge in [-0.2, -0.15) is 0 Å². The first-order valence-corrected chi connectivity index (χ1v) is 8.81. The number of rotatable bonds is 4. The summed E-state index contributed by atoms with van der Waals surface area (Å²) in [7, 11) is 4.25. The SMILES string of the molecule is CC.CCC1=CC=CCC(C(C)C2=CCN(C)CC2)=C1NC. The van der Waals surface area contributed by atoms with Crippen molar-refractivity contribution in [3.8, 4) is 0 Å². The molecular formula is C20H34N2. The zero-order valence-corrected chi connectivity index (χ0v) is 15.4. The number of hydrogen-bond donors (Lipinski definition) is 1. The van der Waals surface area contributed by atoms with Crippen molar-refractivity contribution < 1.29 is 0 Å². The highest BCUT2D eigenvalue weighted by molar-refractivity contribution is 5.42. The van der Waals surface area contributed by atoms with Gasteiger partial charge in [0.15, 0.2) is 0 Å². The first-order chi connectivity index (χ1) is 10.7. The summed E-state index contributed by atoms with van der Waals surface area (Å²) >= 11 is 0. The number of nitrogens with one attached hydrogen (secondary N) is 1. The van der Waals surface area contributed by atoms with Gasteiger partial charge in [-0.3, -0.25) is 0 Å². The Morgan fingerprint density at radius 3 is 2.59 bits per heavy atom. The molecule has 1 unspecified atom stereocenters. The maximum Gasteiger partial charge on any atom is 0.0371 e. The Hall–Kier alpha value is -1.28. The Bertz CT molecular complexity index is 466. The molecule has 124 valence electrons. The minimum Gasteiger partial charge on any atom is -0.388 e. The van der Waals surface area contributed by atoms with Crippen LogP contribution in [0, 0.1) is 5.92 Å². The van der Waals surface area contributed by atoms with E-state index in [9.17, 15) is 0 Å². The van der Waals surface area contributed by atoms with Gasteiger partial charge in [-0.25, -0.2) is 0 Å². The molecule has 1 atom stereocenters. The summed E-state index contributed by atoms with van der Waals surface area (Å²) < 4.78 is 0. The van der Waals surface area contributed by atoms with Gasteiger partial charge >= 0.3 is 0 Å². The summed E-state index contributed by atoms with van der Waals surface area (Å²) in [5, 5.41) is 3.46.